The summed E-state index contributed by atoms with van der Waals surface area (Å²) < 4.78 is 39.0. The Balaban J connectivity index is 0.000000252. The molecule has 5 nitrogen and oxygen atoms in total. The standard InChI is InChI=1S/C7H8O.H2O4S/c1-8-7-5-3-2-4-6-7;1-5(2,3)4/h2-6H,1H3;(H2,1,2,3,4)/p-2. The third-order valence-corrected chi connectivity index (χ3v) is 0.979. The zero-order chi connectivity index (χ0) is 10.3. The summed E-state index contributed by atoms with van der Waals surface area (Å²) >= 11 is 0. The third-order valence-electron chi connectivity index (χ3n) is 0.979. The van der Waals surface area contributed by atoms with E-state index in [0.717, 1.165) is 5.75 Å². The Hall–Kier alpha value is -1.11. The van der Waals surface area contributed by atoms with Gasteiger partial charge in [-0.1, -0.05) is 18.2 Å². The van der Waals surface area contributed by atoms with Crippen LogP contribution in [-0.2, 0) is 10.4 Å². The van der Waals surface area contributed by atoms with Gasteiger partial charge < -0.3 is 13.8 Å². The second kappa shape index (κ2) is 5.52. The first kappa shape index (κ1) is 11.9. The first-order chi connectivity index (χ1) is 5.93. The fourth-order valence-electron chi connectivity index (χ4n) is 0.557. The molecule has 0 bridgehead atoms. The molecule has 0 atom stereocenters. The van der Waals surface area contributed by atoms with Gasteiger partial charge in [0.2, 0.25) is 0 Å². The average molecular weight is 204 g/mol. The molecule has 0 aliphatic heterocycles. The van der Waals surface area contributed by atoms with E-state index in [1.54, 1.807) is 7.11 Å². The number of rotatable bonds is 1. The van der Waals surface area contributed by atoms with E-state index in [2.05, 4.69) is 0 Å². The first-order valence-corrected chi connectivity index (χ1v) is 4.52. The molecule has 0 spiro atoms. The molecular weight excluding hydrogens is 196 g/mol. The van der Waals surface area contributed by atoms with Gasteiger partial charge in [0.05, 0.1) is 7.11 Å². The number of hydrogen-bond acceptors (Lipinski definition) is 5. The van der Waals surface area contributed by atoms with E-state index in [1.807, 2.05) is 30.3 Å². The van der Waals surface area contributed by atoms with Crippen LogP contribution in [0.2, 0.25) is 0 Å². The molecule has 6 heteroatoms. The Bertz CT molecular complexity index is 310. The van der Waals surface area contributed by atoms with E-state index >= 15 is 0 Å². The van der Waals surface area contributed by atoms with E-state index in [1.165, 1.54) is 0 Å². The van der Waals surface area contributed by atoms with Gasteiger partial charge in [-0.25, -0.2) is 0 Å². The zero-order valence-electron chi connectivity index (χ0n) is 6.84. The molecule has 0 saturated carbocycles. The summed E-state index contributed by atoms with van der Waals surface area (Å²) in [5, 5.41) is 0. The van der Waals surface area contributed by atoms with Crippen LogP contribution in [0.4, 0.5) is 0 Å². The molecule has 1 rings (SSSR count). The average Bonchev–Trinajstić information content (AvgIpc) is 2.03. The number of hydrogen-bond donors (Lipinski definition) is 0. The van der Waals surface area contributed by atoms with Gasteiger partial charge in [0.15, 0.2) is 0 Å². The molecule has 0 aliphatic carbocycles. The minimum atomic E-state index is -5.17. The molecule has 74 valence electrons. The zero-order valence-corrected chi connectivity index (χ0v) is 7.65. The van der Waals surface area contributed by atoms with E-state index in [-0.39, 0.29) is 0 Å². The van der Waals surface area contributed by atoms with Gasteiger partial charge in [-0.15, -0.1) is 0 Å². The maximum Gasteiger partial charge on any atom is 0.118 e. The molecule has 13 heavy (non-hydrogen) atoms. The Kier molecular flexibility index (Phi) is 5.05. The lowest BCUT2D eigenvalue weighted by Crippen LogP contribution is -1.91. The van der Waals surface area contributed by atoms with Crippen molar-refractivity contribution in [3.05, 3.63) is 30.3 Å². The highest BCUT2D eigenvalue weighted by Crippen LogP contribution is 2.05. The largest absolute Gasteiger partial charge is 0.759 e. The van der Waals surface area contributed by atoms with Crippen LogP contribution in [0, 0.1) is 0 Å². The van der Waals surface area contributed by atoms with Crippen LogP contribution < -0.4 is 4.74 Å². The van der Waals surface area contributed by atoms with E-state index in [9.17, 15) is 0 Å². The Labute approximate surface area is 76.5 Å². The normalized spacial score (nSPS) is 9.77. The minimum Gasteiger partial charge on any atom is -0.759 e. The molecule has 0 aliphatic rings. The Morgan fingerprint density at radius 1 is 1.15 bits per heavy atom. The molecule has 0 amide bonds. The second-order valence-electron chi connectivity index (χ2n) is 1.93. The first-order valence-electron chi connectivity index (χ1n) is 3.19. The molecule has 1 aromatic carbocycles. The Morgan fingerprint density at radius 3 is 1.77 bits per heavy atom. The number of ether oxygens (including phenoxy) is 1. The van der Waals surface area contributed by atoms with Crippen molar-refractivity contribution in [3.63, 3.8) is 0 Å². The smallest absolute Gasteiger partial charge is 0.118 e. The summed E-state index contributed by atoms with van der Waals surface area (Å²) in [5.74, 6) is 0.910. The third kappa shape index (κ3) is 10.9. The quantitative estimate of drug-likeness (QED) is 0.486. The van der Waals surface area contributed by atoms with Gasteiger partial charge in [-0.2, -0.15) is 0 Å². The van der Waals surface area contributed by atoms with Crippen molar-refractivity contribution in [2.24, 2.45) is 0 Å². The van der Waals surface area contributed by atoms with Gasteiger partial charge in [-0.3, -0.25) is 8.42 Å². The van der Waals surface area contributed by atoms with Crippen LogP contribution in [0.5, 0.6) is 5.75 Å². The summed E-state index contributed by atoms with van der Waals surface area (Å²) in [6.07, 6.45) is 0. The summed E-state index contributed by atoms with van der Waals surface area (Å²) in [6.45, 7) is 0. The van der Waals surface area contributed by atoms with Crippen molar-refractivity contribution in [1.82, 2.24) is 0 Å². The second-order valence-corrected chi connectivity index (χ2v) is 2.74. The topological polar surface area (TPSA) is 89.5 Å². The highest BCUT2D eigenvalue weighted by molar-refractivity contribution is 7.79. The fraction of sp³-hybridized carbons (Fsp3) is 0.143. The van der Waals surface area contributed by atoms with Crippen molar-refractivity contribution < 1.29 is 22.3 Å². The lowest BCUT2D eigenvalue weighted by atomic mass is 10.3. The molecule has 1 aromatic rings. The molecule has 0 aromatic heterocycles. The van der Waals surface area contributed by atoms with E-state index < -0.39 is 10.4 Å². The number of methoxy groups -OCH3 is 1. The van der Waals surface area contributed by atoms with Gasteiger partial charge in [0.1, 0.15) is 5.75 Å². The summed E-state index contributed by atoms with van der Waals surface area (Å²) in [4.78, 5) is 0. The summed E-state index contributed by atoms with van der Waals surface area (Å²) in [5.41, 5.74) is 0. The predicted molar refractivity (Wildman–Crippen MR) is 43.5 cm³/mol. The van der Waals surface area contributed by atoms with Crippen molar-refractivity contribution in [2.45, 2.75) is 0 Å². The lowest BCUT2D eigenvalue weighted by molar-refractivity contribution is 0.352. The van der Waals surface area contributed by atoms with Crippen LogP contribution in [0.25, 0.3) is 0 Å². The van der Waals surface area contributed by atoms with Crippen LogP contribution in [0.1, 0.15) is 0 Å². The Morgan fingerprint density at radius 2 is 1.54 bits per heavy atom. The van der Waals surface area contributed by atoms with Gasteiger partial charge in [-0.05, 0) is 12.1 Å². The molecular formula is C7H8O5S-2. The van der Waals surface area contributed by atoms with Crippen molar-refractivity contribution in [1.29, 1.82) is 0 Å². The van der Waals surface area contributed by atoms with Crippen molar-refractivity contribution in [2.75, 3.05) is 7.11 Å². The summed E-state index contributed by atoms with van der Waals surface area (Å²) in [7, 11) is -3.50. The minimum absolute atomic E-state index is 0.910. The maximum absolute atomic E-state index is 8.52. The molecule has 0 heterocycles. The highest BCUT2D eigenvalue weighted by atomic mass is 32.3. The van der Waals surface area contributed by atoms with Crippen LogP contribution in [0.3, 0.4) is 0 Å². The SMILES string of the molecule is COc1ccccc1.O=S(=O)([O-])[O-]. The van der Waals surface area contributed by atoms with E-state index in [0.29, 0.717) is 0 Å². The van der Waals surface area contributed by atoms with Gasteiger partial charge >= 0.3 is 0 Å². The molecule has 0 unspecified atom stereocenters. The van der Waals surface area contributed by atoms with Crippen molar-refractivity contribution in [3.8, 4) is 5.75 Å². The van der Waals surface area contributed by atoms with Crippen LogP contribution >= 0.6 is 0 Å². The molecule has 0 fully saturated rings. The highest BCUT2D eigenvalue weighted by Gasteiger charge is 1.80. The molecule has 0 radical (unpaired) electrons. The summed E-state index contributed by atoms with van der Waals surface area (Å²) in [6, 6.07) is 9.68. The predicted octanol–water partition coefficient (Wildman–Crippen LogP) is 0.357. The molecule has 0 N–H and O–H groups in total. The number of benzene rings is 1. The van der Waals surface area contributed by atoms with Crippen LogP contribution in [-0.4, -0.2) is 24.6 Å². The molecule has 0 saturated heterocycles. The fourth-order valence-corrected chi connectivity index (χ4v) is 0.557. The van der Waals surface area contributed by atoms with Gasteiger partial charge in [0, 0.05) is 10.4 Å². The maximum atomic E-state index is 8.52. The van der Waals surface area contributed by atoms with Crippen molar-refractivity contribution >= 4 is 10.4 Å². The van der Waals surface area contributed by atoms with E-state index in [4.69, 9.17) is 22.3 Å². The van der Waals surface area contributed by atoms with Gasteiger partial charge in [0.25, 0.3) is 0 Å². The monoisotopic (exact) mass is 204 g/mol. The van der Waals surface area contributed by atoms with Crippen LogP contribution in [0.15, 0.2) is 30.3 Å². The number of para-hydroxylation sites is 1. The lowest BCUT2D eigenvalue weighted by Gasteiger charge is -2.06.